The fourth-order valence-electron chi connectivity index (χ4n) is 7.14. The predicted octanol–water partition coefficient (Wildman–Crippen LogP) is 2.06. The van der Waals surface area contributed by atoms with Gasteiger partial charge in [-0.05, 0) is 56.1 Å². The molecule has 5 aliphatic rings. The molecule has 24 heavy (non-hydrogen) atoms. The number of carbonyl (C=O) groups excluding carboxylic acids is 1. The van der Waals surface area contributed by atoms with E-state index in [0.717, 1.165) is 5.57 Å². The van der Waals surface area contributed by atoms with E-state index in [1.54, 1.807) is 0 Å². The molecule has 0 aromatic carbocycles. The number of carboxylic acids is 1. The van der Waals surface area contributed by atoms with Gasteiger partial charge >= 0.3 is 11.9 Å². The van der Waals surface area contributed by atoms with Crippen LogP contribution in [0, 0.1) is 28.6 Å². The van der Waals surface area contributed by atoms with Gasteiger partial charge < -0.3 is 14.9 Å². The molecule has 3 saturated carbocycles. The maximum atomic E-state index is 12.6. The van der Waals surface area contributed by atoms with Gasteiger partial charge in [0, 0.05) is 11.8 Å². The molecule has 5 rings (SSSR count). The second-order valence-electron chi connectivity index (χ2n) is 8.87. The summed E-state index contributed by atoms with van der Waals surface area (Å²) < 4.78 is 5.96. The number of hydrogen-bond acceptors (Lipinski definition) is 4. The predicted molar refractivity (Wildman–Crippen MR) is 83.8 cm³/mol. The molecule has 1 saturated heterocycles. The number of aliphatic hydroxyl groups is 1. The normalized spacial score (nSPS) is 56.8. The largest absolute Gasteiger partial charge is 0.481 e. The molecule has 0 radical (unpaired) electrons. The van der Waals surface area contributed by atoms with Gasteiger partial charge in [0.15, 0.2) is 0 Å². The van der Waals surface area contributed by atoms with Crippen LogP contribution >= 0.6 is 0 Å². The third kappa shape index (κ3) is 1.25. The van der Waals surface area contributed by atoms with Gasteiger partial charge in [-0.25, -0.2) is 0 Å². The van der Waals surface area contributed by atoms with E-state index in [1.165, 1.54) is 0 Å². The molecule has 5 nitrogen and oxygen atoms in total. The highest BCUT2D eigenvalue weighted by Gasteiger charge is 2.82. The van der Waals surface area contributed by atoms with Crippen LogP contribution in [0.25, 0.3) is 0 Å². The van der Waals surface area contributed by atoms with Crippen molar-refractivity contribution in [3.63, 3.8) is 0 Å². The fraction of sp³-hybridized carbons (Fsp3) is 0.684. The molecule has 0 unspecified atom stereocenters. The Morgan fingerprint density at radius 2 is 2.21 bits per heavy atom. The molecule has 1 spiro atoms. The van der Waals surface area contributed by atoms with E-state index in [1.807, 2.05) is 19.1 Å². The summed E-state index contributed by atoms with van der Waals surface area (Å²) in [6.45, 7) is 5.91. The zero-order valence-corrected chi connectivity index (χ0v) is 13.7. The molecule has 4 fully saturated rings. The summed E-state index contributed by atoms with van der Waals surface area (Å²) >= 11 is 0. The molecule has 128 valence electrons. The van der Waals surface area contributed by atoms with Gasteiger partial charge in [0.05, 0.1) is 16.9 Å². The minimum absolute atomic E-state index is 0.0575. The van der Waals surface area contributed by atoms with Gasteiger partial charge in [0.2, 0.25) is 0 Å². The highest BCUT2D eigenvalue weighted by atomic mass is 16.6. The first-order chi connectivity index (χ1) is 11.2. The Kier molecular flexibility index (Phi) is 2.32. The summed E-state index contributed by atoms with van der Waals surface area (Å²) in [5.74, 6) is -2.24. The Balaban J connectivity index is 1.78. The van der Waals surface area contributed by atoms with Crippen molar-refractivity contribution in [2.75, 3.05) is 0 Å². The molecule has 4 bridgehead atoms. The molecule has 0 aromatic rings. The van der Waals surface area contributed by atoms with Crippen LogP contribution in [0.15, 0.2) is 24.3 Å². The van der Waals surface area contributed by atoms with Gasteiger partial charge in [-0.15, -0.1) is 0 Å². The minimum Gasteiger partial charge on any atom is -0.481 e. The number of fused-ring (bicyclic) bond motifs is 1. The van der Waals surface area contributed by atoms with Crippen LogP contribution in [0.1, 0.15) is 39.0 Å². The van der Waals surface area contributed by atoms with E-state index in [-0.39, 0.29) is 17.8 Å². The third-order valence-electron chi connectivity index (χ3n) is 7.95. The molecular formula is C19H22O5. The van der Waals surface area contributed by atoms with Gasteiger partial charge in [0.1, 0.15) is 5.60 Å². The summed E-state index contributed by atoms with van der Waals surface area (Å²) in [6.07, 6.45) is 6.67. The van der Waals surface area contributed by atoms with Crippen LogP contribution < -0.4 is 0 Å². The second kappa shape index (κ2) is 3.79. The highest BCUT2D eigenvalue weighted by molar-refractivity contribution is 5.85. The number of esters is 1. The van der Waals surface area contributed by atoms with E-state index >= 15 is 0 Å². The van der Waals surface area contributed by atoms with Crippen molar-refractivity contribution in [2.45, 2.75) is 50.2 Å². The molecule has 0 amide bonds. The number of rotatable bonds is 1. The summed E-state index contributed by atoms with van der Waals surface area (Å²) in [5.41, 5.74) is -2.37. The fourth-order valence-corrected chi connectivity index (χ4v) is 7.14. The molecule has 5 heteroatoms. The Hall–Kier alpha value is -1.62. The number of hydrogen-bond donors (Lipinski definition) is 2. The van der Waals surface area contributed by atoms with Gasteiger partial charge in [-0.3, -0.25) is 9.59 Å². The van der Waals surface area contributed by atoms with Crippen molar-refractivity contribution < 1.29 is 24.5 Å². The summed E-state index contributed by atoms with van der Waals surface area (Å²) in [6, 6.07) is 0. The Morgan fingerprint density at radius 3 is 2.92 bits per heavy atom. The standard InChI is InChI=1S/C19H22O5/c1-10-8-17-9-18(10,23)7-4-11(17)19-6-3-5-16(2,15(22)24-19)13(19)12(17)14(20)21/h3,6,11-13,23H,1,4-5,7-9H2,2H3,(H,20,21)/t11-,12-,13-,16-,17+,18+,19-/m1/s1. The number of carboxylic acid groups (broad SMARTS) is 1. The van der Waals surface area contributed by atoms with Crippen LogP contribution in [0.5, 0.6) is 0 Å². The average molecular weight is 330 g/mol. The lowest BCUT2D eigenvalue weighted by atomic mass is 9.61. The van der Waals surface area contributed by atoms with E-state index in [2.05, 4.69) is 6.58 Å². The van der Waals surface area contributed by atoms with E-state index in [0.29, 0.717) is 32.1 Å². The van der Waals surface area contributed by atoms with Crippen LogP contribution in [0.2, 0.25) is 0 Å². The molecule has 2 N–H and O–H groups in total. The third-order valence-corrected chi connectivity index (χ3v) is 7.95. The number of ether oxygens (including phenoxy) is 1. The van der Waals surface area contributed by atoms with Gasteiger partial charge in [0.25, 0.3) is 0 Å². The van der Waals surface area contributed by atoms with E-state index in [9.17, 15) is 19.8 Å². The van der Waals surface area contributed by atoms with Crippen LogP contribution in [-0.4, -0.2) is 33.4 Å². The molecule has 1 heterocycles. The minimum atomic E-state index is -0.956. The Bertz CT molecular complexity index is 740. The maximum absolute atomic E-state index is 12.6. The quantitative estimate of drug-likeness (QED) is 0.568. The maximum Gasteiger partial charge on any atom is 0.313 e. The van der Waals surface area contributed by atoms with Crippen molar-refractivity contribution in [3.8, 4) is 0 Å². The smallest absolute Gasteiger partial charge is 0.313 e. The number of carbonyl (C=O) groups is 2. The lowest BCUT2D eigenvalue weighted by Crippen LogP contribution is -2.46. The van der Waals surface area contributed by atoms with Crippen molar-refractivity contribution in [1.82, 2.24) is 0 Å². The van der Waals surface area contributed by atoms with Crippen molar-refractivity contribution in [3.05, 3.63) is 24.3 Å². The summed E-state index contributed by atoms with van der Waals surface area (Å²) in [7, 11) is 0. The van der Waals surface area contributed by atoms with Crippen LogP contribution in [0.4, 0.5) is 0 Å². The van der Waals surface area contributed by atoms with E-state index < -0.39 is 33.9 Å². The lowest BCUT2D eigenvalue weighted by molar-refractivity contribution is -0.160. The first-order valence-corrected chi connectivity index (χ1v) is 8.74. The van der Waals surface area contributed by atoms with Gasteiger partial charge in [-0.2, -0.15) is 0 Å². The Morgan fingerprint density at radius 1 is 1.46 bits per heavy atom. The van der Waals surface area contributed by atoms with E-state index in [4.69, 9.17) is 4.74 Å². The summed E-state index contributed by atoms with van der Waals surface area (Å²) in [4.78, 5) is 25.0. The molecule has 0 aromatic heterocycles. The molecular weight excluding hydrogens is 308 g/mol. The Labute approximate surface area is 140 Å². The number of allylic oxidation sites excluding steroid dienone is 1. The SMILES string of the molecule is C=C1C[C@]23C[C@@]1(O)CC[C@H]2[C@@]12C=CC[C@@](C)(C(=O)O1)[C@H]2[C@@H]3C(=O)O. The molecule has 4 aliphatic carbocycles. The zero-order valence-electron chi connectivity index (χ0n) is 13.7. The van der Waals surface area contributed by atoms with Gasteiger partial charge in [-0.1, -0.05) is 12.7 Å². The topological polar surface area (TPSA) is 83.8 Å². The monoisotopic (exact) mass is 330 g/mol. The first kappa shape index (κ1) is 14.7. The first-order valence-electron chi connectivity index (χ1n) is 8.74. The molecule has 1 aliphatic heterocycles. The van der Waals surface area contributed by atoms with Crippen molar-refractivity contribution in [2.24, 2.45) is 28.6 Å². The average Bonchev–Trinajstić information content (AvgIpc) is 2.88. The van der Waals surface area contributed by atoms with Crippen LogP contribution in [0.3, 0.4) is 0 Å². The van der Waals surface area contributed by atoms with Crippen LogP contribution in [-0.2, 0) is 14.3 Å². The van der Waals surface area contributed by atoms with Crippen molar-refractivity contribution >= 4 is 11.9 Å². The second-order valence-corrected chi connectivity index (χ2v) is 8.87. The zero-order chi connectivity index (χ0) is 17.1. The molecule has 7 atom stereocenters. The highest BCUT2D eigenvalue weighted by Crippen LogP contribution is 2.77. The van der Waals surface area contributed by atoms with Crippen molar-refractivity contribution in [1.29, 1.82) is 0 Å². The lowest BCUT2D eigenvalue weighted by Gasteiger charge is -2.44. The number of aliphatic carboxylic acids is 1. The summed E-state index contributed by atoms with van der Waals surface area (Å²) in [5, 5.41) is 21.1.